The number of aliphatic hydroxyl groups excluding tert-OH is 1. The van der Waals surface area contributed by atoms with Crippen LogP contribution in [0.5, 0.6) is 5.75 Å². The fraction of sp³-hybridized carbons (Fsp3) is 0.500. The first kappa shape index (κ1) is 13.8. The van der Waals surface area contributed by atoms with E-state index in [2.05, 4.69) is 0 Å². The topological polar surface area (TPSA) is 65.0 Å². The van der Waals surface area contributed by atoms with Gasteiger partial charge >= 0.3 is 5.97 Å². The highest BCUT2D eigenvalue weighted by Crippen LogP contribution is 2.21. The zero-order valence-electron chi connectivity index (χ0n) is 10.9. The van der Waals surface area contributed by atoms with Crippen molar-refractivity contribution in [3.63, 3.8) is 0 Å². The largest absolute Gasteiger partial charge is 0.488 e. The van der Waals surface area contributed by atoms with Gasteiger partial charge in [-0.3, -0.25) is 0 Å². The van der Waals surface area contributed by atoms with E-state index < -0.39 is 12.1 Å². The molecule has 1 heterocycles. The lowest BCUT2D eigenvalue weighted by Gasteiger charge is -2.13. The highest BCUT2D eigenvalue weighted by molar-refractivity contribution is 5.76. The van der Waals surface area contributed by atoms with Crippen LogP contribution in [0.15, 0.2) is 24.3 Å². The van der Waals surface area contributed by atoms with Crippen LogP contribution < -0.4 is 4.74 Å². The van der Waals surface area contributed by atoms with Crippen LogP contribution in [-0.2, 0) is 14.3 Å². The van der Waals surface area contributed by atoms with Crippen molar-refractivity contribution < 1.29 is 24.1 Å². The van der Waals surface area contributed by atoms with E-state index >= 15 is 0 Å². The molecule has 104 valence electrons. The molecule has 1 fully saturated rings. The summed E-state index contributed by atoms with van der Waals surface area (Å²) < 4.78 is 15.7. The van der Waals surface area contributed by atoms with E-state index in [1.807, 2.05) is 0 Å². The van der Waals surface area contributed by atoms with Crippen molar-refractivity contribution >= 4 is 5.97 Å². The molecule has 1 saturated heterocycles. The van der Waals surface area contributed by atoms with E-state index in [1.54, 1.807) is 31.2 Å². The van der Waals surface area contributed by atoms with Crippen molar-refractivity contribution in [2.75, 3.05) is 19.8 Å². The van der Waals surface area contributed by atoms with E-state index in [9.17, 15) is 9.90 Å². The monoisotopic (exact) mass is 266 g/mol. The maximum atomic E-state index is 11.4. The molecule has 0 radical (unpaired) electrons. The van der Waals surface area contributed by atoms with Gasteiger partial charge in [0.25, 0.3) is 0 Å². The van der Waals surface area contributed by atoms with Crippen molar-refractivity contribution in [2.45, 2.75) is 25.6 Å². The number of hydrogen-bond acceptors (Lipinski definition) is 5. The molecule has 2 unspecified atom stereocenters. The summed E-state index contributed by atoms with van der Waals surface area (Å²) in [4.78, 5) is 11.4. The highest BCUT2D eigenvalue weighted by Gasteiger charge is 2.20. The van der Waals surface area contributed by atoms with Gasteiger partial charge in [-0.15, -0.1) is 0 Å². The normalized spacial score (nSPS) is 20.0. The number of benzene rings is 1. The molecule has 0 aliphatic carbocycles. The summed E-state index contributed by atoms with van der Waals surface area (Å²) in [6, 6.07) is 6.78. The number of rotatable bonds is 5. The quantitative estimate of drug-likeness (QED) is 0.817. The van der Waals surface area contributed by atoms with Crippen LogP contribution in [0.1, 0.15) is 25.0 Å². The molecule has 2 atom stereocenters. The van der Waals surface area contributed by atoms with Crippen LogP contribution in [0.3, 0.4) is 0 Å². The van der Waals surface area contributed by atoms with Crippen LogP contribution in [0.25, 0.3) is 0 Å². The van der Waals surface area contributed by atoms with Gasteiger partial charge in [-0.2, -0.15) is 0 Å². The molecule has 0 bridgehead atoms. The molecule has 0 aromatic heterocycles. The van der Waals surface area contributed by atoms with Gasteiger partial charge in [0, 0.05) is 6.42 Å². The van der Waals surface area contributed by atoms with Crippen molar-refractivity contribution in [2.24, 2.45) is 0 Å². The third kappa shape index (κ3) is 3.68. The first-order valence-electron chi connectivity index (χ1n) is 6.39. The lowest BCUT2D eigenvalue weighted by Crippen LogP contribution is -2.16. The Morgan fingerprint density at radius 3 is 2.79 bits per heavy atom. The smallest absolute Gasteiger partial charge is 0.339 e. The zero-order chi connectivity index (χ0) is 13.7. The fourth-order valence-electron chi connectivity index (χ4n) is 1.88. The van der Waals surface area contributed by atoms with Gasteiger partial charge in [0.15, 0.2) is 6.10 Å². The Kier molecular flexibility index (Phi) is 4.76. The van der Waals surface area contributed by atoms with Crippen molar-refractivity contribution in [1.82, 2.24) is 0 Å². The van der Waals surface area contributed by atoms with Gasteiger partial charge < -0.3 is 19.3 Å². The van der Waals surface area contributed by atoms with E-state index in [0.29, 0.717) is 17.9 Å². The molecule has 0 spiro atoms. The Labute approximate surface area is 112 Å². The molecule has 1 aromatic rings. The van der Waals surface area contributed by atoms with Crippen LogP contribution >= 0.6 is 0 Å². The molecule has 0 amide bonds. The predicted molar refractivity (Wildman–Crippen MR) is 67.9 cm³/mol. The van der Waals surface area contributed by atoms with Crippen molar-refractivity contribution in [1.29, 1.82) is 0 Å². The molecule has 1 aromatic carbocycles. The fourth-order valence-corrected chi connectivity index (χ4v) is 1.88. The first-order chi connectivity index (χ1) is 9.20. The Morgan fingerprint density at radius 2 is 2.21 bits per heavy atom. The first-order valence-corrected chi connectivity index (χ1v) is 6.39. The summed E-state index contributed by atoms with van der Waals surface area (Å²) in [5.41, 5.74) is 0.494. The molecular formula is C14H18O5. The molecule has 19 heavy (non-hydrogen) atoms. The van der Waals surface area contributed by atoms with E-state index in [-0.39, 0.29) is 12.7 Å². The van der Waals surface area contributed by atoms with Gasteiger partial charge in [0.1, 0.15) is 11.9 Å². The van der Waals surface area contributed by atoms with E-state index in [4.69, 9.17) is 14.2 Å². The lowest BCUT2D eigenvalue weighted by molar-refractivity contribution is -0.153. The Balaban J connectivity index is 1.95. The third-order valence-corrected chi connectivity index (χ3v) is 2.90. The van der Waals surface area contributed by atoms with Crippen molar-refractivity contribution in [3.05, 3.63) is 29.8 Å². The molecule has 1 aliphatic heterocycles. The third-order valence-electron chi connectivity index (χ3n) is 2.90. The minimum absolute atomic E-state index is 0.0841. The molecule has 1 aliphatic rings. The second-order valence-corrected chi connectivity index (χ2v) is 4.33. The molecule has 5 heteroatoms. The second-order valence-electron chi connectivity index (χ2n) is 4.33. The summed E-state index contributed by atoms with van der Waals surface area (Å²) in [6.45, 7) is 3.28. The number of ether oxygens (including phenoxy) is 3. The van der Waals surface area contributed by atoms with Crippen molar-refractivity contribution in [3.8, 4) is 5.75 Å². The molecule has 2 rings (SSSR count). The summed E-state index contributed by atoms with van der Waals surface area (Å²) in [7, 11) is 0. The van der Waals surface area contributed by atoms with E-state index in [0.717, 1.165) is 13.0 Å². The van der Waals surface area contributed by atoms with Crippen LogP contribution in [0.4, 0.5) is 0 Å². The molecule has 0 saturated carbocycles. The predicted octanol–water partition coefficient (Wildman–Crippen LogP) is 1.45. The maximum Gasteiger partial charge on any atom is 0.339 e. The van der Waals surface area contributed by atoms with Crippen LogP contribution in [0, 0.1) is 0 Å². The maximum absolute atomic E-state index is 11.4. The van der Waals surface area contributed by atoms with Gasteiger partial charge in [-0.05, 0) is 24.6 Å². The van der Waals surface area contributed by atoms with Gasteiger partial charge in [0.2, 0.25) is 0 Å². The standard InChI is InChI=1S/C14H18O5/c1-2-18-14(16)13(15)10-3-5-11(6-4-10)19-12-7-8-17-9-12/h3-6,12-13,15H,2,7-9H2,1H3. The summed E-state index contributed by atoms with van der Waals surface area (Å²) in [5, 5.41) is 9.76. The van der Waals surface area contributed by atoms with Gasteiger partial charge in [-0.25, -0.2) is 4.79 Å². The number of carbonyl (C=O) groups is 1. The number of carbonyl (C=O) groups excluding carboxylic acids is 1. The summed E-state index contributed by atoms with van der Waals surface area (Å²) in [5.74, 6) is 0.0654. The zero-order valence-corrected chi connectivity index (χ0v) is 10.9. The average molecular weight is 266 g/mol. The van der Waals surface area contributed by atoms with E-state index in [1.165, 1.54) is 0 Å². The highest BCUT2D eigenvalue weighted by atomic mass is 16.5. The van der Waals surface area contributed by atoms with Crippen LogP contribution in [0.2, 0.25) is 0 Å². The molecule has 1 N–H and O–H groups in total. The molecule has 5 nitrogen and oxygen atoms in total. The van der Waals surface area contributed by atoms with Gasteiger partial charge in [0.05, 0.1) is 19.8 Å². The Morgan fingerprint density at radius 1 is 1.47 bits per heavy atom. The molecular weight excluding hydrogens is 248 g/mol. The Hall–Kier alpha value is -1.59. The SMILES string of the molecule is CCOC(=O)C(O)c1ccc(OC2CCOC2)cc1. The average Bonchev–Trinajstić information content (AvgIpc) is 2.92. The van der Waals surface area contributed by atoms with Gasteiger partial charge in [-0.1, -0.05) is 12.1 Å². The lowest BCUT2D eigenvalue weighted by atomic mass is 10.1. The second kappa shape index (κ2) is 6.54. The Bertz CT molecular complexity index is 408. The minimum atomic E-state index is -1.25. The minimum Gasteiger partial charge on any atom is -0.488 e. The number of aliphatic hydroxyl groups is 1. The van der Waals surface area contributed by atoms with Crippen LogP contribution in [-0.4, -0.2) is 37.0 Å². The number of hydrogen-bond donors (Lipinski definition) is 1. The summed E-state index contributed by atoms with van der Waals surface area (Å²) >= 11 is 0. The number of esters is 1. The summed E-state index contributed by atoms with van der Waals surface area (Å²) in [6.07, 6.45) is -0.280.